The zero-order valence-corrected chi connectivity index (χ0v) is 15.5. The van der Waals surface area contributed by atoms with Crippen LogP contribution in [0.3, 0.4) is 0 Å². The van der Waals surface area contributed by atoms with Crippen molar-refractivity contribution in [1.29, 1.82) is 0 Å². The predicted octanol–water partition coefficient (Wildman–Crippen LogP) is 4.41. The van der Waals surface area contributed by atoms with Gasteiger partial charge in [0.1, 0.15) is 23.2 Å². The molecule has 0 saturated carbocycles. The largest absolute Gasteiger partial charge is 0.366 e. The van der Waals surface area contributed by atoms with E-state index in [9.17, 15) is 9.18 Å². The van der Waals surface area contributed by atoms with Gasteiger partial charge in [-0.2, -0.15) is 0 Å². The van der Waals surface area contributed by atoms with Crippen LogP contribution in [-0.4, -0.2) is 15.9 Å². The van der Waals surface area contributed by atoms with Crippen molar-refractivity contribution in [2.75, 3.05) is 10.6 Å². The van der Waals surface area contributed by atoms with Gasteiger partial charge in [-0.05, 0) is 44.0 Å². The van der Waals surface area contributed by atoms with Gasteiger partial charge in [-0.3, -0.25) is 4.79 Å². The molecule has 2 aromatic carbocycles. The Morgan fingerprint density at radius 3 is 2.59 bits per heavy atom. The summed E-state index contributed by atoms with van der Waals surface area (Å²) in [7, 11) is 0. The molecule has 0 aliphatic carbocycles. The SMILES string of the molecule is Cc1nc(NCc2ccccc2F)cc(C(=O)Nc2cccc(C)c2C)n1. The van der Waals surface area contributed by atoms with Gasteiger partial charge in [0.2, 0.25) is 0 Å². The van der Waals surface area contributed by atoms with E-state index in [-0.39, 0.29) is 24.0 Å². The van der Waals surface area contributed by atoms with Crippen LogP contribution in [0.25, 0.3) is 0 Å². The van der Waals surface area contributed by atoms with Crippen molar-refractivity contribution in [3.8, 4) is 0 Å². The number of aromatic nitrogens is 2. The summed E-state index contributed by atoms with van der Waals surface area (Å²) >= 11 is 0. The summed E-state index contributed by atoms with van der Waals surface area (Å²) in [4.78, 5) is 21.1. The second kappa shape index (κ2) is 7.95. The van der Waals surface area contributed by atoms with Crippen LogP contribution in [0.1, 0.15) is 33.0 Å². The third kappa shape index (κ3) is 4.47. The van der Waals surface area contributed by atoms with Crippen molar-refractivity contribution in [1.82, 2.24) is 9.97 Å². The molecular weight excluding hydrogens is 343 g/mol. The molecule has 0 atom stereocenters. The Morgan fingerprint density at radius 2 is 1.81 bits per heavy atom. The van der Waals surface area contributed by atoms with Gasteiger partial charge in [-0.25, -0.2) is 14.4 Å². The first kappa shape index (κ1) is 18.5. The molecule has 2 N–H and O–H groups in total. The quantitative estimate of drug-likeness (QED) is 0.704. The van der Waals surface area contributed by atoms with E-state index in [1.807, 2.05) is 32.0 Å². The highest BCUT2D eigenvalue weighted by molar-refractivity contribution is 6.03. The maximum atomic E-state index is 13.8. The van der Waals surface area contributed by atoms with E-state index in [1.54, 1.807) is 31.2 Å². The second-order valence-electron chi connectivity index (χ2n) is 6.33. The first-order valence-electron chi connectivity index (χ1n) is 8.64. The first-order valence-corrected chi connectivity index (χ1v) is 8.64. The predicted molar refractivity (Wildman–Crippen MR) is 104 cm³/mol. The number of carbonyl (C=O) groups excluding carboxylic acids is 1. The molecule has 0 saturated heterocycles. The molecule has 0 fully saturated rings. The van der Waals surface area contributed by atoms with Crippen LogP contribution in [0.5, 0.6) is 0 Å². The number of amides is 1. The lowest BCUT2D eigenvalue weighted by molar-refractivity contribution is 0.102. The van der Waals surface area contributed by atoms with Crippen molar-refractivity contribution in [3.63, 3.8) is 0 Å². The van der Waals surface area contributed by atoms with Gasteiger partial charge in [0.05, 0.1) is 0 Å². The van der Waals surface area contributed by atoms with E-state index in [0.29, 0.717) is 17.2 Å². The number of halogens is 1. The van der Waals surface area contributed by atoms with E-state index in [0.717, 1.165) is 16.8 Å². The average Bonchev–Trinajstić information content (AvgIpc) is 2.64. The van der Waals surface area contributed by atoms with Gasteiger partial charge in [-0.15, -0.1) is 0 Å². The Bertz CT molecular complexity index is 988. The van der Waals surface area contributed by atoms with Crippen LogP contribution in [0.15, 0.2) is 48.5 Å². The summed E-state index contributed by atoms with van der Waals surface area (Å²) in [5, 5.41) is 5.94. The van der Waals surface area contributed by atoms with Gasteiger partial charge >= 0.3 is 0 Å². The topological polar surface area (TPSA) is 66.9 Å². The number of carbonyl (C=O) groups is 1. The molecule has 1 heterocycles. The van der Waals surface area contributed by atoms with Crippen molar-refractivity contribution >= 4 is 17.4 Å². The summed E-state index contributed by atoms with van der Waals surface area (Å²) in [6, 6.07) is 13.8. The van der Waals surface area contributed by atoms with Gasteiger partial charge in [0, 0.05) is 23.9 Å². The number of hydrogen-bond donors (Lipinski definition) is 2. The number of nitrogens with zero attached hydrogens (tertiary/aromatic N) is 2. The number of aryl methyl sites for hydroxylation is 2. The summed E-state index contributed by atoms with van der Waals surface area (Å²) < 4.78 is 13.8. The van der Waals surface area contributed by atoms with Gasteiger partial charge in [0.15, 0.2) is 0 Å². The maximum absolute atomic E-state index is 13.8. The van der Waals surface area contributed by atoms with Crippen molar-refractivity contribution in [2.24, 2.45) is 0 Å². The summed E-state index contributed by atoms with van der Waals surface area (Å²) in [5.41, 5.74) is 3.63. The highest BCUT2D eigenvalue weighted by atomic mass is 19.1. The minimum Gasteiger partial charge on any atom is -0.366 e. The third-order valence-corrected chi connectivity index (χ3v) is 4.34. The summed E-state index contributed by atoms with van der Waals surface area (Å²) in [6.07, 6.45) is 0. The van der Waals surface area contributed by atoms with Crippen molar-refractivity contribution in [3.05, 3.63) is 82.6 Å². The standard InChI is InChI=1S/C21H21FN4O/c1-13-7-6-10-18(14(13)2)26-21(27)19-11-20(25-15(3)24-19)23-12-16-8-4-5-9-17(16)22/h4-11H,12H2,1-3H3,(H,26,27)(H,23,24,25). The van der Waals surface area contributed by atoms with Crippen molar-refractivity contribution < 1.29 is 9.18 Å². The molecule has 0 spiro atoms. The lowest BCUT2D eigenvalue weighted by Crippen LogP contribution is -2.16. The fraction of sp³-hybridized carbons (Fsp3) is 0.190. The average molecular weight is 364 g/mol. The van der Waals surface area contributed by atoms with Gasteiger partial charge in [-0.1, -0.05) is 30.3 Å². The first-order chi connectivity index (χ1) is 12.9. The zero-order chi connectivity index (χ0) is 19.4. The van der Waals surface area contributed by atoms with Crippen LogP contribution in [0, 0.1) is 26.6 Å². The van der Waals surface area contributed by atoms with E-state index in [1.165, 1.54) is 6.07 Å². The molecule has 0 unspecified atom stereocenters. The molecule has 0 bridgehead atoms. The maximum Gasteiger partial charge on any atom is 0.274 e. The molecule has 0 aliphatic heterocycles. The molecular formula is C21H21FN4O. The highest BCUT2D eigenvalue weighted by Gasteiger charge is 2.13. The highest BCUT2D eigenvalue weighted by Crippen LogP contribution is 2.19. The molecule has 3 aromatic rings. The summed E-state index contributed by atoms with van der Waals surface area (Å²) in [5.74, 6) is 0.323. The Hall–Kier alpha value is -3.28. The molecule has 6 heteroatoms. The van der Waals surface area contributed by atoms with Crippen LogP contribution in [0.2, 0.25) is 0 Å². The Balaban J connectivity index is 1.77. The van der Waals surface area contributed by atoms with E-state index >= 15 is 0 Å². The number of anilines is 2. The number of rotatable bonds is 5. The van der Waals surface area contributed by atoms with Gasteiger partial charge < -0.3 is 10.6 Å². The number of hydrogen-bond acceptors (Lipinski definition) is 4. The smallest absolute Gasteiger partial charge is 0.274 e. The normalized spacial score (nSPS) is 10.5. The Labute approximate surface area is 157 Å². The molecule has 0 radical (unpaired) electrons. The molecule has 1 aromatic heterocycles. The molecule has 27 heavy (non-hydrogen) atoms. The fourth-order valence-corrected chi connectivity index (χ4v) is 2.67. The zero-order valence-electron chi connectivity index (χ0n) is 15.5. The van der Waals surface area contributed by atoms with E-state index < -0.39 is 0 Å². The van der Waals surface area contributed by atoms with Crippen LogP contribution in [0.4, 0.5) is 15.9 Å². The minimum absolute atomic E-state index is 0.249. The van der Waals surface area contributed by atoms with E-state index in [4.69, 9.17) is 0 Å². The Kier molecular flexibility index (Phi) is 5.45. The lowest BCUT2D eigenvalue weighted by Gasteiger charge is -2.12. The molecule has 138 valence electrons. The minimum atomic E-state index is -0.317. The van der Waals surface area contributed by atoms with Crippen LogP contribution < -0.4 is 10.6 Å². The monoisotopic (exact) mass is 364 g/mol. The fourth-order valence-electron chi connectivity index (χ4n) is 2.67. The molecule has 5 nitrogen and oxygen atoms in total. The molecule has 1 amide bonds. The van der Waals surface area contributed by atoms with Crippen LogP contribution in [-0.2, 0) is 6.54 Å². The lowest BCUT2D eigenvalue weighted by atomic mass is 10.1. The van der Waals surface area contributed by atoms with Crippen molar-refractivity contribution in [2.45, 2.75) is 27.3 Å². The number of benzene rings is 2. The number of nitrogens with one attached hydrogen (secondary N) is 2. The van der Waals surface area contributed by atoms with Gasteiger partial charge in [0.25, 0.3) is 5.91 Å². The Morgan fingerprint density at radius 1 is 1.04 bits per heavy atom. The van der Waals surface area contributed by atoms with Crippen LogP contribution >= 0.6 is 0 Å². The van der Waals surface area contributed by atoms with E-state index in [2.05, 4.69) is 20.6 Å². The molecule has 0 aliphatic rings. The summed E-state index contributed by atoms with van der Waals surface area (Å²) in [6.45, 7) is 5.92. The second-order valence-corrected chi connectivity index (χ2v) is 6.33. The third-order valence-electron chi connectivity index (χ3n) is 4.34. The molecule has 3 rings (SSSR count).